The van der Waals surface area contributed by atoms with Crippen molar-refractivity contribution in [1.82, 2.24) is 4.90 Å². The summed E-state index contributed by atoms with van der Waals surface area (Å²) in [5, 5.41) is -0.119. The molecule has 0 N–H and O–H groups in total. The molecule has 2 atom stereocenters. The normalized spacial score (nSPS) is 18.8. The van der Waals surface area contributed by atoms with Crippen LogP contribution < -0.4 is 9.64 Å². The molecule has 0 radical (unpaired) electrons. The summed E-state index contributed by atoms with van der Waals surface area (Å²) in [6.45, 7) is 2.33. The van der Waals surface area contributed by atoms with Crippen molar-refractivity contribution in [2.75, 3.05) is 11.5 Å². The lowest BCUT2D eigenvalue weighted by Crippen LogP contribution is -2.67. The molecule has 0 spiro atoms. The second kappa shape index (κ2) is 9.84. The third kappa shape index (κ3) is 4.15. The molecule has 0 bridgehead atoms. The number of β-lactam (4-membered cyclic amide) rings is 1. The molecule has 3 aromatic carbocycles. The summed E-state index contributed by atoms with van der Waals surface area (Å²) < 4.78 is 5.52. The van der Waals surface area contributed by atoms with E-state index in [9.17, 15) is 14.4 Å². The van der Waals surface area contributed by atoms with Crippen LogP contribution in [0.4, 0.5) is 5.69 Å². The van der Waals surface area contributed by atoms with Gasteiger partial charge in [0.05, 0.1) is 43.9 Å². The number of amides is 3. The summed E-state index contributed by atoms with van der Waals surface area (Å²) in [5.74, 6) is -1.52. The van der Waals surface area contributed by atoms with Crippen LogP contribution in [0.2, 0.25) is 30.1 Å². The minimum Gasteiger partial charge on any atom is -0.494 e. The third-order valence-corrected chi connectivity index (χ3v) is 8.37. The fourth-order valence-corrected chi connectivity index (χ4v) is 6.10. The zero-order valence-electron chi connectivity index (χ0n) is 18.7. The fourth-order valence-electron chi connectivity index (χ4n) is 4.57. The van der Waals surface area contributed by atoms with E-state index < -0.39 is 29.8 Å². The van der Waals surface area contributed by atoms with Gasteiger partial charge in [0.1, 0.15) is 11.8 Å². The molecule has 0 aromatic heterocycles. The van der Waals surface area contributed by atoms with Gasteiger partial charge in [0.25, 0.3) is 17.7 Å². The topological polar surface area (TPSA) is 66.9 Å². The van der Waals surface area contributed by atoms with Gasteiger partial charge in [-0.05, 0) is 42.8 Å². The zero-order valence-corrected chi connectivity index (χ0v) is 23.2. The Labute approximate surface area is 241 Å². The van der Waals surface area contributed by atoms with Gasteiger partial charge >= 0.3 is 0 Å². The van der Waals surface area contributed by atoms with Crippen molar-refractivity contribution in [2.24, 2.45) is 0 Å². The number of hydrogen-bond acceptors (Lipinski definition) is 4. The number of carbonyl (C=O) groups excluding carboxylic acids is 3. The number of imide groups is 1. The summed E-state index contributed by atoms with van der Waals surface area (Å²) in [4.78, 5) is 42.9. The van der Waals surface area contributed by atoms with E-state index in [1.54, 1.807) is 36.4 Å². The maximum atomic E-state index is 13.6. The lowest BCUT2D eigenvalue weighted by atomic mass is 9.86. The van der Waals surface area contributed by atoms with Gasteiger partial charge in [-0.15, -0.1) is 0 Å². The van der Waals surface area contributed by atoms with E-state index in [2.05, 4.69) is 0 Å². The van der Waals surface area contributed by atoms with Crippen molar-refractivity contribution in [3.63, 3.8) is 0 Å². The zero-order chi connectivity index (χ0) is 26.8. The summed E-state index contributed by atoms with van der Waals surface area (Å²) in [7, 11) is 0. The molecule has 3 amide bonds. The molecule has 2 heterocycles. The summed E-state index contributed by atoms with van der Waals surface area (Å²) in [6, 6.07) is 9.64. The Bertz CT molecular complexity index is 1430. The summed E-state index contributed by atoms with van der Waals surface area (Å²) in [5.41, 5.74) is 0.632. The van der Waals surface area contributed by atoms with Gasteiger partial charge in [-0.1, -0.05) is 81.7 Å². The monoisotopic (exact) mass is 616 g/mol. The van der Waals surface area contributed by atoms with Crippen LogP contribution in [0, 0.1) is 0 Å². The molecule has 0 aliphatic carbocycles. The minimum atomic E-state index is -1.22. The van der Waals surface area contributed by atoms with Gasteiger partial charge in [0, 0.05) is 15.7 Å². The smallest absolute Gasteiger partial charge is 0.264 e. The molecule has 5 rings (SSSR count). The number of carbonyl (C=O) groups is 3. The van der Waals surface area contributed by atoms with Crippen LogP contribution in [0.5, 0.6) is 5.75 Å². The first-order valence-corrected chi connectivity index (χ1v) is 13.1. The Morgan fingerprint density at radius 1 is 0.703 bits per heavy atom. The Morgan fingerprint density at radius 3 is 1.70 bits per heavy atom. The van der Waals surface area contributed by atoms with Gasteiger partial charge in [0.15, 0.2) is 0 Å². The molecule has 0 saturated carbocycles. The second-order valence-corrected chi connectivity index (χ2v) is 10.6. The van der Waals surface area contributed by atoms with Gasteiger partial charge in [-0.25, -0.2) is 0 Å². The van der Waals surface area contributed by atoms with Gasteiger partial charge < -0.3 is 9.64 Å². The average molecular weight is 619 g/mol. The van der Waals surface area contributed by atoms with Crippen LogP contribution in [0.25, 0.3) is 0 Å². The van der Waals surface area contributed by atoms with Crippen molar-refractivity contribution < 1.29 is 19.1 Å². The summed E-state index contributed by atoms with van der Waals surface area (Å²) in [6.07, 6.45) is 0. The van der Waals surface area contributed by atoms with E-state index in [4.69, 9.17) is 74.3 Å². The Hall–Kier alpha value is -2.19. The molecule has 2 aliphatic rings. The second-order valence-electron chi connectivity index (χ2n) is 8.21. The van der Waals surface area contributed by atoms with Crippen LogP contribution in [0.1, 0.15) is 39.2 Å². The number of benzene rings is 3. The Balaban J connectivity index is 1.62. The number of halogens is 6. The van der Waals surface area contributed by atoms with Gasteiger partial charge in [0.2, 0.25) is 0 Å². The number of anilines is 1. The predicted octanol–water partition coefficient (Wildman–Crippen LogP) is 7.76. The fraction of sp³-hybridized carbons (Fsp3) is 0.160. The van der Waals surface area contributed by atoms with Crippen molar-refractivity contribution >= 4 is 93.0 Å². The Kier molecular flexibility index (Phi) is 7.03. The standard InChI is InChI=1S/C25H14Cl6N2O4/c1-2-37-14-5-3-10(4-6-14)21-22(25(36)32(21)13-8-11(26)7-12(27)9-13)33-23(34)15-16(24(33)35)18(29)20(31)19(30)17(15)28/h3-9,21-22H,2H2,1H3/t21-,22-/m1/s1. The highest BCUT2D eigenvalue weighted by atomic mass is 35.5. The molecule has 190 valence electrons. The first kappa shape index (κ1) is 26.4. The number of hydrogen-bond donors (Lipinski definition) is 0. The van der Waals surface area contributed by atoms with Crippen LogP contribution in [-0.2, 0) is 4.79 Å². The molecule has 6 nitrogen and oxygen atoms in total. The minimum absolute atomic E-state index is 0.159. The molecule has 37 heavy (non-hydrogen) atoms. The van der Waals surface area contributed by atoms with E-state index in [0.717, 1.165) is 4.90 Å². The molecule has 1 saturated heterocycles. The van der Waals surface area contributed by atoms with Crippen LogP contribution in [0.3, 0.4) is 0 Å². The van der Waals surface area contributed by atoms with E-state index in [0.29, 0.717) is 33.7 Å². The van der Waals surface area contributed by atoms with E-state index >= 15 is 0 Å². The number of ether oxygens (including phenoxy) is 1. The van der Waals surface area contributed by atoms with E-state index in [-0.39, 0.29) is 31.2 Å². The molecule has 12 heteroatoms. The van der Waals surface area contributed by atoms with Crippen molar-refractivity contribution in [3.05, 3.63) is 89.3 Å². The quantitative estimate of drug-likeness (QED) is 0.127. The maximum Gasteiger partial charge on any atom is 0.264 e. The first-order chi connectivity index (χ1) is 17.6. The van der Waals surface area contributed by atoms with Crippen molar-refractivity contribution in [2.45, 2.75) is 19.0 Å². The van der Waals surface area contributed by atoms with E-state index in [1.807, 2.05) is 6.92 Å². The average Bonchev–Trinajstić information content (AvgIpc) is 3.10. The molecule has 0 unspecified atom stereocenters. The molecular weight excluding hydrogens is 605 g/mol. The molecular formula is C25H14Cl6N2O4. The van der Waals surface area contributed by atoms with Crippen LogP contribution >= 0.6 is 69.6 Å². The van der Waals surface area contributed by atoms with Crippen LogP contribution in [0.15, 0.2) is 42.5 Å². The van der Waals surface area contributed by atoms with Gasteiger partial charge in [-0.3, -0.25) is 19.3 Å². The lowest BCUT2D eigenvalue weighted by molar-refractivity contribution is -0.130. The molecule has 2 aliphatic heterocycles. The highest BCUT2D eigenvalue weighted by molar-refractivity contribution is 6.55. The van der Waals surface area contributed by atoms with Gasteiger partial charge in [-0.2, -0.15) is 0 Å². The molecule has 3 aromatic rings. The Morgan fingerprint density at radius 2 is 1.22 bits per heavy atom. The maximum absolute atomic E-state index is 13.6. The van der Waals surface area contributed by atoms with Crippen LogP contribution in [-0.4, -0.2) is 35.3 Å². The predicted molar refractivity (Wildman–Crippen MR) is 145 cm³/mol. The van der Waals surface area contributed by atoms with Crippen molar-refractivity contribution in [3.8, 4) is 5.75 Å². The number of rotatable bonds is 5. The number of nitrogens with zero attached hydrogens (tertiary/aromatic N) is 2. The largest absolute Gasteiger partial charge is 0.494 e. The summed E-state index contributed by atoms with van der Waals surface area (Å²) >= 11 is 37.2. The lowest BCUT2D eigenvalue weighted by Gasteiger charge is -2.49. The number of fused-ring (bicyclic) bond motifs is 1. The van der Waals surface area contributed by atoms with E-state index in [1.165, 1.54) is 11.0 Å². The highest BCUT2D eigenvalue weighted by Gasteiger charge is 2.58. The third-order valence-electron chi connectivity index (χ3n) is 6.14. The first-order valence-electron chi connectivity index (χ1n) is 10.8. The SMILES string of the molecule is CCOc1ccc([C@@H]2[C@@H](N3C(=O)c4c(Cl)c(Cl)c(Cl)c(Cl)c4C3=O)C(=O)N2c2cc(Cl)cc(Cl)c2)cc1. The molecule has 1 fully saturated rings. The highest BCUT2D eigenvalue weighted by Crippen LogP contribution is 2.49. The van der Waals surface area contributed by atoms with Crippen molar-refractivity contribution in [1.29, 1.82) is 0 Å².